The standard InChI is InChI=1S/C16H12ClFN4S/c1-22-13-4-2-3-11(18)15(13)16(20-22)21-23-14-8-19-12-7-9(17)5-6-10(12)14/h2-8,19H,1H3,(H,20,21). The number of nitrogens with one attached hydrogen (secondary N) is 2. The Kier molecular flexibility index (Phi) is 3.43. The third kappa shape index (κ3) is 2.44. The first-order chi connectivity index (χ1) is 11.1. The highest BCUT2D eigenvalue weighted by Crippen LogP contribution is 2.33. The van der Waals surface area contributed by atoms with Crippen LogP contribution in [0.15, 0.2) is 47.5 Å². The van der Waals surface area contributed by atoms with Crippen LogP contribution in [-0.2, 0) is 7.05 Å². The van der Waals surface area contributed by atoms with Crippen LogP contribution in [0.2, 0.25) is 5.02 Å². The molecule has 4 rings (SSSR count). The summed E-state index contributed by atoms with van der Waals surface area (Å²) in [5, 5.41) is 6.58. The Bertz CT molecular complexity index is 1020. The van der Waals surface area contributed by atoms with Crippen molar-refractivity contribution in [3.8, 4) is 0 Å². The summed E-state index contributed by atoms with van der Waals surface area (Å²) in [5.41, 5.74) is 1.71. The van der Waals surface area contributed by atoms with Crippen molar-refractivity contribution in [1.82, 2.24) is 14.8 Å². The van der Waals surface area contributed by atoms with Crippen molar-refractivity contribution in [2.75, 3.05) is 4.72 Å². The lowest BCUT2D eigenvalue weighted by molar-refractivity contribution is 0.640. The highest BCUT2D eigenvalue weighted by Gasteiger charge is 2.13. The summed E-state index contributed by atoms with van der Waals surface area (Å²) >= 11 is 7.38. The summed E-state index contributed by atoms with van der Waals surface area (Å²) in [6.07, 6.45) is 1.89. The van der Waals surface area contributed by atoms with Gasteiger partial charge in [0.1, 0.15) is 5.82 Å². The first-order valence-electron chi connectivity index (χ1n) is 6.94. The molecule has 0 fully saturated rings. The van der Waals surface area contributed by atoms with Crippen LogP contribution in [0.1, 0.15) is 0 Å². The summed E-state index contributed by atoms with van der Waals surface area (Å²) < 4.78 is 18.9. The van der Waals surface area contributed by atoms with Crippen molar-refractivity contribution >= 4 is 51.2 Å². The Balaban J connectivity index is 1.69. The number of fused-ring (bicyclic) bond motifs is 2. The van der Waals surface area contributed by atoms with E-state index in [9.17, 15) is 4.39 Å². The zero-order chi connectivity index (χ0) is 16.0. The van der Waals surface area contributed by atoms with E-state index in [1.807, 2.05) is 30.5 Å². The molecule has 0 saturated carbocycles. The predicted octanol–water partition coefficient (Wildman–Crippen LogP) is 4.97. The number of anilines is 1. The number of hydrogen-bond acceptors (Lipinski definition) is 3. The Morgan fingerprint density at radius 1 is 1.30 bits per heavy atom. The second-order valence-electron chi connectivity index (χ2n) is 5.15. The van der Waals surface area contributed by atoms with E-state index in [1.165, 1.54) is 18.0 Å². The maximum atomic E-state index is 14.1. The third-order valence-corrected chi connectivity index (χ3v) is 4.78. The molecular formula is C16H12ClFN4S. The molecule has 0 spiro atoms. The van der Waals surface area contributed by atoms with E-state index in [-0.39, 0.29) is 5.82 Å². The summed E-state index contributed by atoms with van der Waals surface area (Å²) in [4.78, 5) is 4.17. The highest BCUT2D eigenvalue weighted by molar-refractivity contribution is 8.00. The summed E-state index contributed by atoms with van der Waals surface area (Å²) in [6, 6.07) is 10.6. The second-order valence-corrected chi connectivity index (χ2v) is 6.44. The number of hydrogen-bond donors (Lipinski definition) is 2. The molecule has 4 aromatic rings. The molecule has 2 N–H and O–H groups in total. The van der Waals surface area contributed by atoms with E-state index in [2.05, 4.69) is 14.8 Å². The van der Waals surface area contributed by atoms with Gasteiger partial charge in [0, 0.05) is 29.2 Å². The molecule has 4 nitrogen and oxygen atoms in total. The van der Waals surface area contributed by atoms with Crippen LogP contribution < -0.4 is 4.72 Å². The molecule has 0 aliphatic heterocycles. The van der Waals surface area contributed by atoms with E-state index in [0.717, 1.165) is 21.3 Å². The molecule has 0 aliphatic rings. The minimum atomic E-state index is -0.288. The minimum Gasteiger partial charge on any atom is -0.360 e. The van der Waals surface area contributed by atoms with Crippen LogP contribution in [-0.4, -0.2) is 14.8 Å². The summed E-state index contributed by atoms with van der Waals surface area (Å²) in [7, 11) is 1.80. The van der Waals surface area contributed by atoms with Crippen molar-refractivity contribution in [2.45, 2.75) is 4.90 Å². The smallest absolute Gasteiger partial charge is 0.169 e. The number of rotatable bonds is 3. The maximum Gasteiger partial charge on any atom is 0.169 e. The lowest BCUT2D eigenvalue weighted by Crippen LogP contribution is -1.91. The monoisotopic (exact) mass is 346 g/mol. The average Bonchev–Trinajstić information content (AvgIpc) is 3.07. The lowest BCUT2D eigenvalue weighted by Gasteiger charge is -2.02. The number of aromatic nitrogens is 3. The second kappa shape index (κ2) is 5.47. The van der Waals surface area contributed by atoms with Crippen molar-refractivity contribution in [3.63, 3.8) is 0 Å². The molecule has 0 saturated heterocycles. The van der Waals surface area contributed by atoms with Crippen molar-refractivity contribution in [3.05, 3.63) is 53.4 Å². The number of nitrogens with zero attached hydrogens (tertiary/aromatic N) is 2. The normalized spacial score (nSPS) is 11.4. The van der Waals surface area contributed by atoms with Gasteiger partial charge in [-0.1, -0.05) is 23.7 Å². The number of benzene rings is 2. The Hall–Kier alpha value is -2.18. The van der Waals surface area contributed by atoms with E-state index in [1.54, 1.807) is 17.8 Å². The van der Waals surface area contributed by atoms with E-state index >= 15 is 0 Å². The van der Waals surface area contributed by atoms with Crippen LogP contribution >= 0.6 is 23.5 Å². The van der Waals surface area contributed by atoms with Crippen molar-refractivity contribution < 1.29 is 4.39 Å². The van der Waals surface area contributed by atoms with Gasteiger partial charge in [-0.3, -0.25) is 4.68 Å². The fourth-order valence-corrected chi connectivity index (χ4v) is 3.53. The third-order valence-electron chi connectivity index (χ3n) is 3.69. The molecule has 0 aliphatic carbocycles. The van der Waals surface area contributed by atoms with Gasteiger partial charge in [-0.05, 0) is 36.2 Å². The highest BCUT2D eigenvalue weighted by atomic mass is 35.5. The fraction of sp³-hybridized carbons (Fsp3) is 0.0625. The molecule has 116 valence electrons. The predicted molar refractivity (Wildman–Crippen MR) is 93.5 cm³/mol. The van der Waals surface area contributed by atoms with Gasteiger partial charge in [0.2, 0.25) is 0 Å². The molecule has 0 amide bonds. The fourth-order valence-electron chi connectivity index (χ4n) is 2.60. The van der Waals surface area contributed by atoms with Gasteiger partial charge in [0.15, 0.2) is 5.82 Å². The van der Waals surface area contributed by atoms with Gasteiger partial charge in [0.05, 0.1) is 15.8 Å². The van der Waals surface area contributed by atoms with Crippen LogP contribution in [0.5, 0.6) is 0 Å². The van der Waals surface area contributed by atoms with Crippen LogP contribution in [0, 0.1) is 5.82 Å². The van der Waals surface area contributed by atoms with E-state index in [4.69, 9.17) is 11.6 Å². The van der Waals surface area contributed by atoms with Crippen LogP contribution in [0.25, 0.3) is 21.8 Å². The van der Waals surface area contributed by atoms with Crippen molar-refractivity contribution in [2.24, 2.45) is 7.05 Å². The molecular weight excluding hydrogens is 335 g/mol. The van der Waals surface area contributed by atoms with Crippen LogP contribution in [0.4, 0.5) is 10.2 Å². The Morgan fingerprint density at radius 3 is 3.04 bits per heavy atom. The SMILES string of the molecule is Cn1nc(NSc2c[nH]c3cc(Cl)ccc23)c2c(F)cccc21. The first-order valence-corrected chi connectivity index (χ1v) is 8.13. The minimum absolute atomic E-state index is 0.288. The molecule has 2 aromatic heterocycles. The summed E-state index contributed by atoms with van der Waals surface area (Å²) in [6.45, 7) is 0. The maximum absolute atomic E-state index is 14.1. The lowest BCUT2D eigenvalue weighted by atomic mass is 10.2. The Labute approximate surface area is 140 Å². The number of aromatic amines is 1. The largest absolute Gasteiger partial charge is 0.360 e. The molecule has 0 bridgehead atoms. The van der Waals surface area contributed by atoms with Gasteiger partial charge in [0.25, 0.3) is 0 Å². The summed E-state index contributed by atoms with van der Waals surface area (Å²) in [5.74, 6) is 0.221. The molecule has 23 heavy (non-hydrogen) atoms. The number of H-pyrrole nitrogens is 1. The zero-order valence-electron chi connectivity index (χ0n) is 12.1. The van der Waals surface area contributed by atoms with Gasteiger partial charge in [-0.2, -0.15) is 5.10 Å². The molecule has 0 atom stereocenters. The average molecular weight is 347 g/mol. The molecule has 0 unspecified atom stereocenters. The van der Waals surface area contributed by atoms with Crippen molar-refractivity contribution in [1.29, 1.82) is 0 Å². The van der Waals surface area contributed by atoms with E-state index in [0.29, 0.717) is 16.2 Å². The van der Waals surface area contributed by atoms with Gasteiger partial charge in [-0.25, -0.2) is 4.39 Å². The van der Waals surface area contributed by atoms with Gasteiger partial charge >= 0.3 is 0 Å². The molecule has 0 radical (unpaired) electrons. The van der Waals surface area contributed by atoms with Gasteiger partial charge < -0.3 is 9.71 Å². The van der Waals surface area contributed by atoms with Crippen LogP contribution in [0.3, 0.4) is 0 Å². The quantitative estimate of drug-likeness (QED) is 0.515. The molecule has 2 aromatic carbocycles. The molecule has 7 heteroatoms. The number of halogens is 2. The Morgan fingerprint density at radius 2 is 2.17 bits per heavy atom. The zero-order valence-corrected chi connectivity index (χ0v) is 13.7. The van der Waals surface area contributed by atoms with Gasteiger partial charge in [-0.15, -0.1) is 0 Å². The topological polar surface area (TPSA) is 45.6 Å². The van der Waals surface area contributed by atoms with E-state index < -0.39 is 0 Å². The molecule has 2 heterocycles. The first kappa shape index (κ1) is 14.4. The number of aryl methyl sites for hydroxylation is 1.